The molecule has 0 aromatic heterocycles. The lowest BCUT2D eigenvalue weighted by Crippen LogP contribution is -2.13. The molecule has 0 radical (unpaired) electrons. The number of benzene rings is 2. The summed E-state index contributed by atoms with van der Waals surface area (Å²) < 4.78 is 13.7. The Kier molecular flexibility index (Phi) is 4.72. The third-order valence-electron chi connectivity index (χ3n) is 3.11. The van der Waals surface area contributed by atoms with Crippen LogP contribution in [-0.2, 0) is 0 Å². The van der Waals surface area contributed by atoms with E-state index in [0.717, 1.165) is 12.1 Å². The van der Waals surface area contributed by atoms with Gasteiger partial charge in [0.2, 0.25) is 0 Å². The number of carbonyl (C=O) groups is 1. The van der Waals surface area contributed by atoms with E-state index in [2.05, 4.69) is 5.32 Å². The van der Waals surface area contributed by atoms with Crippen LogP contribution in [0.15, 0.2) is 24.3 Å². The lowest BCUT2D eigenvalue weighted by Gasteiger charge is -2.09. The normalized spacial score (nSPS) is 10.4. The van der Waals surface area contributed by atoms with Crippen molar-refractivity contribution < 1.29 is 14.1 Å². The van der Waals surface area contributed by atoms with Gasteiger partial charge < -0.3 is 11.1 Å². The Morgan fingerprint density at radius 2 is 1.83 bits per heavy atom. The topological polar surface area (TPSA) is 98.3 Å². The van der Waals surface area contributed by atoms with E-state index in [-0.39, 0.29) is 32.5 Å². The highest BCUT2D eigenvalue weighted by Crippen LogP contribution is 2.31. The molecule has 2 aromatic rings. The van der Waals surface area contributed by atoms with Crippen molar-refractivity contribution in [2.24, 2.45) is 0 Å². The number of amides is 1. The number of nitro groups is 1. The van der Waals surface area contributed by atoms with Gasteiger partial charge in [-0.1, -0.05) is 23.2 Å². The second-order valence-electron chi connectivity index (χ2n) is 4.67. The summed E-state index contributed by atoms with van der Waals surface area (Å²) in [6.45, 7) is 1.26. The molecule has 0 aliphatic carbocycles. The lowest BCUT2D eigenvalue weighted by atomic mass is 10.1. The van der Waals surface area contributed by atoms with Crippen LogP contribution in [0.25, 0.3) is 0 Å². The molecule has 0 aliphatic heterocycles. The molecule has 0 saturated heterocycles. The van der Waals surface area contributed by atoms with Crippen LogP contribution in [0.4, 0.5) is 21.5 Å². The van der Waals surface area contributed by atoms with Gasteiger partial charge in [-0.25, -0.2) is 4.39 Å². The fourth-order valence-corrected chi connectivity index (χ4v) is 2.33. The Balaban J connectivity index is 2.37. The summed E-state index contributed by atoms with van der Waals surface area (Å²) >= 11 is 11.7. The SMILES string of the molecule is Cc1c(F)cc(C(=O)Nc2cc(Cl)c(N)c(Cl)c2)cc1[N+](=O)[O-]. The molecule has 0 atom stereocenters. The molecule has 0 spiro atoms. The molecule has 6 nitrogen and oxygen atoms in total. The highest BCUT2D eigenvalue weighted by Gasteiger charge is 2.20. The van der Waals surface area contributed by atoms with Crippen LogP contribution < -0.4 is 11.1 Å². The quantitative estimate of drug-likeness (QED) is 0.488. The van der Waals surface area contributed by atoms with Crippen molar-refractivity contribution >= 4 is 46.2 Å². The molecule has 9 heteroatoms. The van der Waals surface area contributed by atoms with Crippen molar-refractivity contribution in [2.75, 3.05) is 11.1 Å². The van der Waals surface area contributed by atoms with Crippen LogP contribution in [0, 0.1) is 22.9 Å². The average molecular weight is 358 g/mol. The molecular formula is C14H10Cl2FN3O3. The van der Waals surface area contributed by atoms with Crippen molar-refractivity contribution in [3.8, 4) is 0 Å². The van der Waals surface area contributed by atoms with E-state index in [0.29, 0.717) is 0 Å². The first-order valence-corrected chi connectivity index (χ1v) is 6.96. The Hall–Kier alpha value is -2.38. The highest BCUT2D eigenvalue weighted by molar-refractivity contribution is 6.39. The predicted molar refractivity (Wildman–Crippen MR) is 86.6 cm³/mol. The lowest BCUT2D eigenvalue weighted by molar-refractivity contribution is -0.385. The second kappa shape index (κ2) is 6.39. The smallest absolute Gasteiger partial charge is 0.276 e. The van der Waals surface area contributed by atoms with E-state index < -0.39 is 22.3 Å². The fourth-order valence-electron chi connectivity index (χ4n) is 1.84. The Labute approximate surface area is 140 Å². The van der Waals surface area contributed by atoms with Gasteiger partial charge in [-0.2, -0.15) is 0 Å². The number of nitrogens with one attached hydrogen (secondary N) is 1. The van der Waals surface area contributed by atoms with Gasteiger partial charge in [0.05, 0.1) is 26.2 Å². The van der Waals surface area contributed by atoms with Crippen molar-refractivity contribution in [1.82, 2.24) is 0 Å². The third-order valence-corrected chi connectivity index (χ3v) is 3.74. The molecule has 2 aromatic carbocycles. The molecule has 0 unspecified atom stereocenters. The van der Waals surface area contributed by atoms with Gasteiger partial charge >= 0.3 is 0 Å². The van der Waals surface area contributed by atoms with Crippen LogP contribution in [-0.4, -0.2) is 10.8 Å². The molecule has 0 fully saturated rings. The molecule has 0 heterocycles. The summed E-state index contributed by atoms with van der Waals surface area (Å²) in [6, 6.07) is 4.63. The summed E-state index contributed by atoms with van der Waals surface area (Å²) in [4.78, 5) is 22.3. The summed E-state index contributed by atoms with van der Waals surface area (Å²) in [5, 5.41) is 13.6. The van der Waals surface area contributed by atoms with Crippen molar-refractivity contribution in [1.29, 1.82) is 0 Å². The molecule has 3 N–H and O–H groups in total. The van der Waals surface area contributed by atoms with Gasteiger partial charge in [-0.15, -0.1) is 0 Å². The Morgan fingerprint density at radius 1 is 1.26 bits per heavy atom. The van der Waals surface area contributed by atoms with E-state index in [1.807, 2.05) is 0 Å². The van der Waals surface area contributed by atoms with Gasteiger partial charge in [-0.3, -0.25) is 14.9 Å². The standard InChI is InChI=1S/C14H10Cl2FN3O3/c1-6-11(17)2-7(3-12(6)20(22)23)14(21)19-8-4-9(15)13(18)10(16)5-8/h2-5H,18H2,1H3,(H,19,21). The van der Waals surface area contributed by atoms with Gasteiger partial charge in [0.15, 0.2) is 0 Å². The van der Waals surface area contributed by atoms with E-state index in [4.69, 9.17) is 28.9 Å². The number of nitrogens with two attached hydrogens (primary N) is 1. The maximum Gasteiger partial charge on any atom is 0.276 e. The monoisotopic (exact) mass is 357 g/mol. The highest BCUT2D eigenvalue weighted by atomic mass is 35.5. The first kappa shape index (κ1) is 17.0. The molecule has 1 amide bonds. The van der Waals surface area contributed by atoms with Crippen molar-refractivity contribution in [3.05, 3.63) is 61.4 Å². The molecule has 23 heavy (non-hydrogen) atoms. The van der Waals surface area contributed by atoms with Gasteiger partial charge in [0.25, 0.3) is 11.6 Å². The first-order chi connectivity index (χ1) is 10.7. The minimum Gasteiger partial charge on any atom is -0.396 e. The minimum atomic E-state index is -0.849. The number of nitrogen functional groups attached to an aromatic ring is 1. The Morgan fingerprint density at radius 3 is 2.35 bits per heavy atom. The minimum absolute atomic E-state index is 0.133. The number of hydrogen-bond donors (Lipinski definition) is 2. The second-order valence-corrected chi connectivity index (χ2v) is 5.48. The zero-order valence-electron chi connectivity index (χ0n) is 11.7. The van der Waals surface area contributed by atoms with Crippen LogP contribution in [0.3, 0.4) is 0 Å². The zero-order valence-corrected chi connectivity index (χ0v) is 13.2. The van der Waals surface area contributed by atoms with E-state index in [1.54, 1.807) is 0 Å². The summed E-state index contributed by atoms with van der Waals surface area (Å²) in [6.07, 6.45) is 0. The summed E-state index contributed by atoms with van der Waals surface area (Å²) in [7, 11) is 0. The number of hydrogen-bond acceptors (Lipinski definition) is 4. The number of rotatable bonds is 3. The molecule has 0 aliphatic rings. The molecular weight excluding hydrogens is 348 g/mol. The maximum absolute atomic E-state index is 13.7. The van der Waals surface area contributed by atoms with E-state index in [1.165, 1.54) is 19.1 Å². The Bertz CT molecular complexity index is 804. The van der Waals surface area contributed by atoms with E-state index >= 15 is 0 Å². The molecule has 2 rings (SSSR count). The van der Waals surface area contributed by atoms with Gasteiger partial charge in [0.1, 0.15) is 5.82 Å². The van der Waals surface area contributed by atoms with Crippen LogP contribution >= 0.6 is 23.2 Å². The number of nitrogens with zero attached hydrogens (tertiary/aromatic N) is 1. The van der Waals surface area contributed by atoms with Crippen molar-refractivity contribution in [2.45, 2.75) is 6.92 Å². The average Bonchev–Trinajstić information content (AvgIpc) is 2.46. The molecule has 0 saturated carbocycles. The summed E-state index contributed by atoms with van der Waals surface area (Å²) in [5.74, 6) is -1.60. The summed E-state index contributed by atoms with van der Waals surface area (Å²) in [5.41, 5.74) is 5.13. The van der Waals surface area contributed by atoms with Crippen molar-refractivity contribution in [3.63, 3.8) is 0 Å². The molecule has 0 bridgehead atoms. The maximum atomic E-state index is 13.7. The number of carbonyl (C=O) groups excluding carboxylic acids is 1. The number of nitro benzene ring substituents is 1. The zero-order chi connectivity index (χ0) is 17.3. The van der Waals surface area contributed by atoms with Crippen LogP contribution in [0.2, 0.25) is 10.0 Å². The van der Waals surface area contributed by atoms with Gasteiger partial charge in [0, 0.05) is 17.3 Å². The predicted octanol–water partition coefficient (Wildman–Crippen LogP) is 4.18. The van der Waals surface area contributed by atoms with Crippen LogP contribution in [0.5, 0.6) is 0 Å². The fraction of sp³-hybridized carbons (Fsp3) is 0.0714. The third kappa shape index (κ3) is 3.52. The van der Waals surface area contributed by atoms with E-state index in [9.17, 15) is 19.3 Å². The largest absolute Gasteiger partial charge is 0.396 e. The van der Waals surface area contributed by atoms with Gasteiger partial charge in [-0.05, 0) is 25.1 Å². The molecule has 120 valence electrons. The number of anilines is 2. The van der Waals surface area contributed by atoms with Crippen LogP contribution in [0.1, 0.15) is 15.9 Å². The first-order valence-electron chi connectivity index (χ1n) is 6.21. The number of halogens is 3.